The maximum Gasteiger partial charge on any atom is 0.159 e. The molecule has 0 amide bonds. The fourth-order valence-electron chi connectivity index (χ4n) is 1.75. The molecule has 2 N–H and O–H groups in total. The molecule has 1 unspecified atom stereocenters. The molecule has 19 heavy (non-hydrogen) atoms. The van der Waals surface area contributed by atoms with Crippen molar-refractivity contribution in [1.82, 2.24) is 0 Å². The molecule has 2 aromatic rings. The van der Waals surface area contributed by atoms with Crippen LogP contribution in [0.3, 0.4) is 0 Å². The SMILES string of the molecule is Cc1ccc(C(CN)Sc2ccc(F)c(F)c2)cc1. The van der Waals surface area contributed by atoms with Gasteiger partial charge in [0.15, 0.2) is 11.6 Å². The molecule has 0 saturated heterocycles. The van der Waals surface area contributed by atoms with E-state index in [4.69, 9.17) is 5.73 Å². The Kier molecular flexibility index (Phi) is 4.56. The maximum absolute atomic E-state index is 13.2. The molecule has 1 atom stereocenters. The van der Waals surface area contributed by atoms with E-state index in [1.807, 2.05) is 31.2 Å². The van der Waals surface area contributed by atoms with Crippen LogP contribution in [0.5, 0.6) is 0 Å². The third kappa shape index (κ3) is 3.55. The van der Waals surface area contributed by atoms with Gasteiger partial charge in [-0.1, -0.05) is 29.8 Å². The molecule has 4 heteroatoms. The number of aryl methyl sites for hydroxylation is 1. The lowest BCUT2D eigenvalue weighted by atomic mass is 10.1. The van der Waals surface area contributed by atoms with Gasteiger partial charge in [0.1, 0.15) is 0 Å². The molecule has 0 saturated carbocycles. The fourth-order valence-corrected chi connectivity index (χ4v) is 2.78. The zero-order valence-electron chi connectivity index (χ0n) is 10.6. The summed E-state index contributed by atoms with van der Waals surface area (Å²) in [5.74, 6) is -1.66. The maximum atomic E-state index is 13.2. The van der Waals surface area contributed by atoms with Crippen molar-refractivity contribution < 1.29 is 8.78 Å². The van der Waals surface area contributed by atoms with Crippen LogP contribution in [-0.2, 0) is 0 Å². The summed E-state index contributed by atoms with van der Waals surface area (Å²) in [6.45, 7) is 2.45. The Morgan fingerprint density at radius 2 is 1.74 bits per heavy atom. The minimum atomic E-state index is -0.830. The summed E-state index contributed by atoms with van der Waals surface area (Å²) in [6, 6.07) is 12.0. The van der Waals surface area contributed by atoms with Crippen LogP contribution in [0.25, 0.3) is 0 Å². The highest BCUT2D eigenvalue weighted by Gasteiger charge is 2.12. The van der Waals surface area contributed by atoms with Gasteiger partial charge in [-0.2, -0.15) is 0 Å². The molecule has 2 rings (SSSR count). The summed E-state index contributed by atoms with van der Waals surface area (Å²) < 4.78 is 26.0. The molecule has 0 aromatic heterocycles. The van der Waals surface area contributed by atoms with Crippen LogP contribution < -0.4 is 5.73 Å². The van der Waals surface area contributed by atoms with Gasteiger partial charge in [-0.05, 0) is 30.7 Å². The van der Waals surface area contributed by atoms with E-state index in [9.17, 15) is 8.78 Å². The summed E-state index contributed by atoms with van der Waals surface area (Å²) in [5, 5.41) is 0.0328. The van der Waals surface area contributed by atoms with Crippen molar-refractivity contribution >= 4 is 11.8 Å². The van der Waals surface area contributed by atoms with Gasteiger partial charge in [-0.3, -0.25) is 0 Å². The highest BCUT2D eigenvalue weighted by Crippen LogP contribution is 2.35. The monoisotopic (exact) mass is 279 g/mol. The molecule has 100 valence electrons. The molecular weight excluding hydrogens is 264 g/mol. The Balaban J connectivity index is 2.18. The third-order valence-corrected chi connectivity index (χ3v) is 4.11. The van der Waals surface area contributed by atoms with Gasteiger partial charge in [0.25, 0.3) is 0 Å². The zero-order chi connectivity index (χ0) is 13.8. The number of halogens is 2. The first-order valence-electron chi connectivity index (χ1n) is 5.98. The van der Waals surface area contributed by atoms with Crippen LogP contribution in [0.2, 0.25) is 0 Å². The first-order valence-corrected chi connectivity index (χ1v) is 6.86. The van der Waals surface area contributed by atoms with Gasteiger partial charge < -0.3 is 5.73 Å². The van der Waals surface area contributed by atoms with Gasteiger partial charge >= 0.3 is 0 Å². The van der Waals surface area contributed by atoms with E-state index >= 15 is 0 Å². The number of rotatable bonds is 4. The largest absolute Gasteiger partial charge is 0.329 e. The van der Waals surface area contributed by atoms with E-state index in [0.717, 1.165) is 11.6 Å². The number of thioether (sulfide) groups is 1. The van der Waals surface area contributed by atoms with Gasteiger partial charge in [0.2, 0.25) is 0 Å². The summed E-state index contributed by atoms with van der Waals surface area (Å²) in [4.78, 5) is 0.676. The minimum Gasteiger partial charge on any atom is -0.329 e. The number of benzene rings is 2. The van der Waals surface area contributed by atoms with Gasteiger partial charge in [-0.15, -0.1) is 11.8 Å². The van der Waals surface area contributed by atoms with E-state index in [1.54, 1.807) is 6.07 Å². The molecule has 0 fully saturated rings. The topological polar surface area (TPSA) is 26.0 Å². The summed E-state index contributed by atoms with van der Waals surface area (Å²) in [5.41, 5.74) is 8.03. The first kappa shape index (κ1) is 14.0. The molecule has 2 aromatic carbocycles. The molecule has 0 aliphatic carbocycles. The van der Waals surface area contributed by atoms with Crippen LogP contribution in [0.4, 0.5) is 8.78 Å². The molecule has 0 aliphatic heterocycles. The Bertz CT molecular complexity index is 555. The van der Waals surface area contributed by atoms with Crippen LogP contribution in [0, 0.1) is 18.6 Å². The smallest absolute Gasteiger partial charge is 0.159 e. The summed E-state index contributed by atoms with van der Waals surface area (Å²) in [7, 11) is 0. The second kappa shape index (κ2) is 6.17. The van der Waals surface area contributed by atoms with Gasteiger partial charge in [-0.25, -0.2) is 8.78 Å². The van der Waals surface area contributed by atoms with E-state index in [1.165, 1.54) is 23.4 Å². The quantitative estimate of drug-likeness (QED) is 0.854. The molecule has 0 radical (unpaired) electrons. The first-order chi connectivity index (χ1) is 9.10. The Morgan fingerprint density at radius 1 is 1.05 bits per heavy atom. The molecular formula is C15H15F2NS. The lowest BCUT2D eigenvalue weighted by molar-refractivity contribution is 0.506. The third-order valence-electron chi connectivity index (χ3n) is 2.83. The normalized spacial score (nSPS) is 12.4. The van der Waals surface area contributed by atoms with Crippen LogP contribution in [-0.4, -0.2) is 6.54 Å². The van der Waals surface area contributed by atoms with E-state index in [2.05, 4.69) is 0 Å². The summed E-state index contributed by atoms with van der Waals surface area (Å²) >= 11 is 1.44. The molecule has 0 aliphatic rings. The van der Waals surface area contributed by atoms with Crippen molar-refractivity contribution in [3.63, 3.8) is 0 Å². The second-order valence-corrected chi connectivity index (χ2v) is 5.60. The zero-order valence-corrected chi connectivity index (χ0v) is 11.4. The van der Waals surface area contributed by atoms with E-state index in [-0.39, 0.29) is 5.25 Å². The lowest BCUT2D eigenvalue weighted by Crippen LogP contribution is -2.09. The van der Waals surface area contributed by atoms with Crippen molar-refractivity contribution in [2.75, 3.05) is 6.54 Å². The predicted molar refractivity (Wildman–Crippen MR) is 75.2 cm³/mol. The number of nitrogens with two attached hydrogens (primary N) is 1. The molecule has 0 bridgehead atoms. The molecule has 0 spiro atoms. The van der Waals surface area contributed by atoms with Gasteiger partial charge in [0, 0.05) is 16.7 Å². The lowest BCUT2D eigenvalue weighted by Gasteiger charge is -2.15. The van der Waals surface area contributed by atoms with Crippen LogP contribution in [0.1, 0.15) is 16.4 Å². The van der Waals surface area contributed by atoms with Crippen LogP contribution in [0.15, 0.2) is 47.4 Å². The Morgan fingerprint density at radius 3 is 2.32 bits per heavy atom. The average Bonchev–Trinajstić information content (AvgIpc) is 2.41. The predicted octanol–water partition coefficient (Wildman–Crippen LogP) is 4.07. The average molecular weight is 279 g/mol. The van der Waals surface area contributed by atoms with E-state index < -0.39 is 11.6 Å². The highest BCUT2D eigenvalue weighted by atomic mass is 32.2. The standard InChI is InChI=1S/C15H15F2NS/c1-10-2-4-11(5-3-10)15(9-18)19-12-6-7-13(16)14(17)8-12/h2-8,15H,9,18H2,1H3. The highest BCUT2D eigenvalue weighted by molar-refractivity contribution is 7.99. The van der Waals surface area contributed by atoms with Gasteiger partial charge in [0.05, 0.1) is 0 Å². The minimum absolute atomic E-state index is 0.0328. The number of hydrogen-bond donors (Lipinski definition) is 1. The Labute approximate surface area is 115 Å². The fraction of sp³-hybridized carbons (Fsp3) is 0.200. The Hall–Kier alpha value is -1.39. The molecule has 1 nitrogen and oxygen atoms in total. The number of hydrogen-bond acceptors (Lipinski definition) is 2. The van der Waals surface area contributed by atoms with E-state index in [0.29, 0.717) is 11.4 Å². The van der Waals surface area contributed by atoms with Crippen molar-refractivity contribution in [3.8, 4) is 0 Å². The van der Waals surface area contributed by atoms with Crippen molar-refractivity contribution in [1.29, 1.82) is 0 Å². The van der Waals surface area contributed by atoms with Crippen molar-refractivity contribution in [2.24, 2.45) is 5.73 Å². The van der Waals surface area contributed by atoms with Crippen LogP contribution >= 0.6 is 11.8 Å². The molecule has 0 heterocycles. The second-order valence-electron chi connectivity index (χ2n) is 4.33. The van der Waals surface area contributed by atoms with Crippen molar-refractivity contribution in [2.45, 2.75) is 17.1 Å². The summed E-state index contributed by atoms with van der Waals surface area (Å²) in [6.07, 6.45) is 0. The van der Waals surface area contributed by atoms with Crippen molar-refractivity contribution in [3.05, 3.63) is 65.2 Å².